The zero-order chi connectivity index (χ0) is 12.5. The second-order valence-corrected chi connectivity index (χ2v) is 3.81. The summed E-state index contributed by atoms with van der Waals surface area (Å²) in [5, 5.41) is 5.66. The fourth-order valence-electron chi connectivity index (χ4n) is 1.47. The van der Waals surface area contributed by atoms with Gasteiger partial charge in [0.15, 0.2) is 0 Å². The van der Waals surface area contributed by atoms with E-state index in [1.165, 1.54) is 0 Å². The van der Waals surface area contributed by atoms with Crippen LogP contribution in [0.4, 0.5) is 4.79 Å². The minimum Gasteiger partial charge on any atom is -0.334 e. The molecule has 1 rings (SSSR count). The maximum atomic E-state index is 11.5. The number of nitrogens with one attached hydrogen (secondary N) is 2. The van der Waals surface area contributed by atoms with Crippen molar-refractivity contribution < 1.29 is 4.79 Å². The molecule has 0 aliphatic heterocycles. The molecule has 2 amide bonds. The number of nitrogens with zero attached hydrogens (tertiary/aromatic N) is 1. The summed E-state index contributed by atoms with van der Waals surface area (Å²) in [6, 6.07) is 9.75. The van der Waals surface area contributed by atoms with Crippen LogP contribution in [0.2, 0.25) is 0 Å². The van der Waals surface area contributed by atoms with E-state index in [0.29, 0.717) is 13.2 Å². The molecule has 94 valence electrons. The van der Waals surface area contributed by atoms with Gasteiger partial charge in [-0.05, 0) is 18.7 Å². The lowest BCUT2D eigenvalue weighted by molar-refractivity contribution is 0.225. The smallest absolute Gasteiger partial charge is 0.316 e. The van der Waals surface area contributed by atoms with Crippen molar-refractivity contribution in [2.75, 3.05) is 19.8 Å². The van der Waals surface area contributed by atoms with Gasteiger partial charge in [-0.15, -0.1) is 0 Å². The van der Waals surface area contributed by atoms with Crippen LogP contribution in [0.1, 0.15) is 19.4 Å². The fourth-order valence-corrected chi connectivity index (χ4v) is 1.47. The van der Waals surface area contributed by atoms with E-state index in [2.05, 4.69) is 29.4 Å². The van der Waals surface area contributed by atoms with Crippen LogP contribution in [0, 0.1) is 0 Å². The quantitative estimate of drug-likeness (QED) is 0.738. The van der Waals surface area contributed by atoms with Crippen LogP contribution in [-0.2, 0) is 6.54 Å². The molecule has 0 radical (unpaired) electrons. The summed E-state index contributed by atoms with van der Waals surface area (Å²) in [6.45, 7) is 7.18. The first-order chi connectivity index (χ1) is 8.26. The Morgan fingerprint density at radius 2 is 1.76 bits per heavy atom. The first-order valence-electron chi connectivity index (χ1n) is 6.04. The Morgan fingerprint density at radius 3 is 2.35 bits per heavy atom. The monoisotopic (exact) mass is 235 g/mol. The van der Waals surface area contributed by atoms with Crippen LogP contribution in [0.25, 0.3) is 0 Å². The molecule has 2 N–H and O–H groups in total. The molecular formula is C13H21N3O. The number of rotatable bonds is 6. The molecule has 1 aromatic rings. The molecule has 0 aliphatic rings. The Bertz CT molecular complexity index is 323. The third kappa shape index (κ3) is 5.36. The van der Waals surface area contributed by atoms with E-state index in [0.717, 1.165) is 18.7 Å². The van der Waals surface area contributed by atoms with E-state index >= 15 is 0 Å². The summed E-state index contributed by atoms with van der Waals surface area (Å²) in [4.78, 5) is 13.6. The molecule has 0 aliphatic carbocycles. The zero-order valence-electron chi connectivity index (χ0n) is 10.6. The second-order valence-electron chi connectivity index (χ2n) is 3.81. The zero-order valence-corrected chi connectivity index (χ0v) is 10.6. The average molecular weight is 235 g/mol. The van der Waals surface area contributed by atoms with Crippen LogP contribution in [0.5, 0.6) is 0 Å². The molecule has 0 aromatic heterocycles. The van der Waals surface area contributed by atoms with Crippen molar-refractivity contribution in [1.29, 1.82) is 0 Å². The molecule has 0 saturated carbocycles. The maximum Gasteiger partial charge on any atom is 0.316 e. The van der Waals surface area contributed by atoms with Crippen molar-refractivity contribution in [2.24, 2.45) is 0 Å². The van der Waals surface area contributed by atoms with Gasteiger partial charge in [-0.3, -0.25) is 4.90 Å². The van der Waals surface area contributed by atoms with Crippen molar-refractivity contribution in [1.82, 2.24) is 15.5 Å². The van der Waals surface area contributed by atoms with E-state index in [-0.39, 0.29) is 6.03 Å². The third-order valence-electron chi connectivity index (χ3n) is 2.65. The fraction of sp³-hybridized carbons (Fsp3) is 0.462. The first-order valence-corrected chi connectivity index (χ1v) is 6.04. The number of benzene rings is 1. The Balaban J connectivity index is 2.22. The molecule has 0 atom stereocenters. The lowest BCUT2D eigenvalue weighted by atomic mass is 10.2. The Hall–Kier alpha value is -1.55. The van der Waals surface area contributed by atoms with E-state index < -0.39 is 0 Å². The van der Waals surface area contributed by atoms with E-state index in [4.69, 9.17) is 0 Å². The molecular weight excluding hydrogens is 214 g/mol. The van der Waals surface area contributed by atoms with Crippen molar-refractivity contribution in [3.05, 3.63) is 35.9 Å². The van der Waals surface area contributed by atoms with Crippen molar-refractivity contribution in [2.45, 2.75) is 20.4 Å². The van der Waals surface area contributed by atoms with E-state index in [1.807, 2.05) is 30.3 Å². The van der Waals surface area contributed by atoms with Crippen molar-refractivity contribution in [3.63, 3.8) is 0 Å². The summed E-state index contributed by atoms with van der Waals surface area (Å²) in [5.74, 6) is 0. The molecule has 0 bridgehead atoms. The van der Waals surface area contributed by atoms with Crippen LogP contribution in [0.3, 0.4) is 0 Å². The number of carbonyl (C=O) groups excluding carboxylic acids is 1. The molecule has 1 aromatic carbocycles. The number of hydrogen-bond acceptors (Lipinski definition) is 2. The van der Waals surface area contributed by atoms with Gasteiger partial charge < -0.3 is 10.6 Å². The van der Waals surface area contributed by atoms with Gasteiger partial charge in [-0.2, -0.15) is 0 Å². The number of carbonyl (C=O) groups is 1. The Kier molecular flexibility index (Phi) is 6.10. The van der Waals surface area contributed by atoms with Gasteiger partial charge in [0, 0.05) is 6.54 Å². The summed E-state index contributed by atoms with van der Waals surface area (Å²) in [5.41, 5.74) is 1.10. The van der Waals surface area contributed by atoms with E-state index in [1.54, 1.807) is 0 Å². The molecule has 4 nitrogen and oxygen atoms in total. The molecule has 0 spiro atoms. The van der Waals surface area contributed by atoms with Gasteiger partial charge in [0.2, 0.25) is 0 Å². The highest BCUT2D eigenvalue weighted by atomic mass is 16.2. The van der Waals surface area contributed by atoms with Gasteiger partial charge >= 0.3 is 6.03 Å². The summed E-state index contributed by atoms with van der Waals surface area (Å²) < 4.78 is 0. The SMILES string of the molecule is CCN(CC)CNC(=O)NCc1ccccc1. The van der Waals surface area contributed by atoms with Gasteiger partial charge in [0.05, 0.1) is 6.67 Å². The molecule has 0 saturated heterocycles. The Morgan fingerprint density at radius 1 is 1.12 bits per heavy atom. The molecule has 0 heterocycles. The third-order valence-corrected chi connectivity index (χ3v) is 2.65. The molecule has 17 heavy (non-hydrogen) atoms. The number of amides is 2. The Labute approximate surface area is 103 Å². The lowest BCUT2D eigenvalue weighted by Gasteiger charge is -2.18. The van der Waals surface area contributed by atoms with Crippen molar-refractivity contribution in [3.8, 4) is 0 Å². The maximum absolute atomic E-state index is 11.5. The van der Waals surface area contributed by atoms with Gasteiger partial charge in [0.1, 0.15) is 0 Å². The van der Waals surface area contributed by atoms with Gasteiger partial charge in [0.25, 0.3) is 0 Å². The van der Waals surface area contributed by atoms with Crippen LogP contribution in [-0.4, -0.2) is 30.7 Å². The normalized spacial score (nSPS) is 10.3. The van der Waals surface area contributed by atoms with Crippen molar-refractivity contribution >= 4 is 6.03 Å². The topological polar surface area (TPSA) is 44.4 Å². The standard InChI is InChI=1S/C13H21N3O/c1-3-16(4-2)11-15-13(17)14-10-12-8-6-5-7-9-12/h5-9H,3-4,10-11H2,1-2H3,(H2,14,15,17). The van der Waals surface area contributed by atoms with Gasteiger partial charge in [-0.1, -0.05) is 44.2 Å². The van der Waals surface area contributed by atoms with Crippen LogP contribution >= 0.6 is 0 Å². The minimum atomic E-state index is -0.124. The number of hydrogen-bond donors (Lipinski definition) is 2. The predicted octanol–water partition coefficient (Wildman–Crippen LogP) is 1.79. The molecule has 0 unspecified atom stereocenters. The number of urea groups is 1. The minimum absolute atomic E-state index is 0.124. The summed E-state index contributed by atoms with van der Waals surface area (Å²) >= 11 is 0. The highest BCUT2D eigenvalue weighted by Crippen LogP contribution is 1.96. The largest absolute Gasteiger partial charge is 0.334 e. The van der Waals surface area contributed by atoms with Crippen LogP contribution in [0.15, 0.2) is 30.3 Å². The second kappa shape index (κ2) is 7.68. The molecule has 0 fully saturated rings. The summed E-state index contributed by atoms with van der Waals surface area (Å²) in [7, 11) is 0. The molecule has 4 heteroatoms. The first kappa shape index (κ1) is 13.5. The lowest BCUT2D eigenvalue weighted by Crippen LogP contribution is -2.42. The highest BCUT2D eigenvalue weighted by molar-refractivity contribution is 5.73. The predicted molar refractivity (Wildman–Crippen MR) is 69.6 cm³/mol. The van der Waals surface area contributed by atoms with Crippen LogP contribution < -0.4 is 10.6 Å². The van der Waals surface area contributed by atoms with E-state index in [9.17, 15) is 4.79 Å². The average Bonchev–Trinajstić information content (AvgIpc) is 2.39. The highest BCUT2D eigenvalue weighted by Gasteiger charge is 2.02. The van der Waals surface area contributed by atoms with Gasteiger partial charge in [-0.25, -0.2) is 4.79 Å². The summed E-state index contributed by atoms with van der Waals surface area (Å²) in [6.07, 6.45) is 0.